The van der Waals surface area contributed by atoms with Crippen LogP contribution in [0.4, 0.5) is 0 Å². The van der Waals surface area contributed by atoms with Gasteiger partial charge in [-0.15, -0.1) is 0 Å². The Morgan fingerprint density at radius 1 is 0.808 bits per heavy atom. The van der Waals surface area contributed by atoms with Gasteiger partial charge in [-0.25, -0.2) is 0 Å². The van der Waals surface area contributed by atoms with E-state index < -0.39 is 0 Å². The fourth-order valence-electron chi connectivity index (χ4n) is 3.42. The Morgan fingerprint density at radius 3 is 2.00 bits per heavy atom. The van der Waals surface area contributed by atoms with Gasteiger partial charge in [-0.2, -0.15) is 0 Å². The molecular weight excluding hydrogens is 344 g/mol. The molecule has 0 unspecified atom stereocenters. The Labute approximate surface area is 157 Å². The smallest absolute Gasteiger partial charge is 0.215 e. The van der Waals surface area contributed by atoms with Crippen molar-refractivity contribution in [3.63, 3.8) is 0 Å². The van der Waals surface area contributed by atoms with Crippen molar-refractivity contribution >= 4 is 23.8 Å². The second-order valence-corrected chi connectivity index (χ2v) is 6.56. The highest BCUT2D eigenvalue weighted by Gasteiger charge is 2.39. The number of hydrogen-bond donors (Lipinski definition) is 0. The fourth-order valence-corrected chi connectivity index (χ4v) is 3.64. The number of carbonyl (C=O) groups is 1. The molecule has 0 saturated heterocycles. The van der Waals surface area contributed by atoms with Gasteiger partial charge in [-0.05, 0) is 23.3 Å². The summed E-state index contributed by atoms with van der Waals surface area (Å²) in [5, 5.41) is 0.582. The van der Waals surface area contributed by atoms with E-state index in [1.54, 1.807) is 4.90 Å². The quantitative estimate of drug-likeness (QED) is 0.600. The van der Waals surface area contributed by atoms with Crippen LogP contribution in [0.15, 0.2) is 89.9 Å². The van der Waals surface area contributed by atoms with Gasteiger partial charge in [-0.1, -0.05) is 84.4 Å². The van der Waals surface area contributed by atoms with Gasteiger partial charge in [-0.3, -0.25) is 14.7 Å². The molecule has 4 rings (SSSR count). The average molecular weight is 361 g/mol. The van der Waals surface area contributed by atoms with Crippen molar-refractivity contribution in [1.82, 2.24) is 4.90 Å². The number of amidine groups is 1. The lowest BCUT2D eigenvalue weighted by molar-refractivity contribution is -0.116. The maximum atomic E-state index is 12.1. The van der Waals surface area contributed by atoms with E-state index in [2.05, 4.69) is 0 Å². The number of nitrogens with zero attached hydrogens (tertiary/aromatic N) is 2. The van der Waals surface area contributed by atoms with Crippen LogP contribution in [0.3, 0.4) is 0 Å². The standard InChI is InChI=1S/C22H17ClN2O/c23-19-14-8-7-13-18(19)22-24-20(16-9-3-1-4-10-16)21(25(22)15-26)17-11-5-2-6-12-17/h1-15,20-21H/t20-,21-/m0/s1. The van der Waals surface area contributed by atoms with E-state index >= 15 is 0 Å². The minimum absolute atomic E-state index is 0.185. The summed E-state index contributed by atoms with van der Waals surface area (Å²) in [6, 6.07) is 27.1. The highest BCUT2D eigenvalue weighted by atomic mass is 35.5. The number of amides is 1. The fraction of sp³-hybridized carbons (Fsp3) is 0.0909. The number of carbonyl (C=O) groups excluding carboxylic acids is 1. The van der Waals surface area contributed by atoms with Crippen LogP contribution in [0.1, 0.15) is 28.8 Å². The van der Waals surface area contributed by atoms with Crippen LogP contribution in [-0.2, 0) is 4.79 Å². The number of benzene rings is 3. The highest BCUT2D eigenvalue weighted by molar-refractivity contribution is 6.34. The molecule has 0 aliphatic carbocycles. The van der Waals surface area contributed by atoms with Crippen LogP contribution in [0, 0.1) is 0 Å². The molecule has 0 spiro atoms. The zero-order chi connectivity index (χ0) is 17.9. The Balaban J connectivity index is 1.88. The molecule has 3 nitrogen and oxygen atoms in total. The lowest BCUT2D eigenvalue weighted by Crippen LogP contribution is -2.31. The van der Waals surface area contributed by atoms with Gasteiger partial charge in [0.2, 0.25) is 6.41 Å². The van der Waals surface area contributed by atoms with E-state index in [0.717, 1.165) is 23.1 Å². The summed E-state index contributed by atoms with van der Waals surface area (Å²) < 4.78 is 0. The minimum atomic E-state index is -0.206. The molecule has 0 fully saturated rings. The zero-order valence-electron chi connectivity index (χ0n) is 14.0. The van der Waals surface area contributed by atoms with Gasteiger partial charge in [0, 0.05) is 5.56 Å². The normalized spacial score (nSPS) is 19.3. The second kappa shape index (κ2) is 7.14. The molecule has 0 bridgehead atoms. The van der Waals surface area contributed by atoms with E-state index in [1.165, 1.54) is 0 Å². The molecule has 128 valence electrons. The van der Waals surface area contributed by atoms with Crippen LogP contribution in [0.5, 0.6) is 0 Å². The predicted octanol–water partition coefficient (Wildman–Crippen LogP) is 5.04. The van der Waals surface area contributed by atoms with E-state index in [9.17, 15) is 4.79 Å². The maximum absolute atomic E-state index is 12.1. The molecule has 2 atom stereocenters. The Morgan fingerprint density at radius 2 is 1.38 bits per heavy atom. The SMILES string of the molecule is O=CN1C(c2ccccc2Cl)=N[C@@H](c2ccccc2)[C@@H]1c1ccccc1. The van der Waals surface area contributed by atoms with Crippen LogP contribution in [0.2, 0.25) is 5.02 Å². The third-order valence-electron chi connectivity index (χ3n) is 4.62. The van der Waals surface area contributed by atoms with Crippen LogP contribution < -0.4 is 0 Å². The number of hydrogen-bond acceptors (Lipinski definition) is 2. The van der Waals surface area contributed by atoms with Gasteiger partial charge in [0.1, 0.15) is 11.9 Å². The third-order valence-corrected chi connectivity index (χ3v) is 4.94. The zero-order valence-corrected chi connectivity index (χ0v) is 14.8. The van der Waals surface area contributed by atoms with Crippen molar-refractivity contribution in [1.29, 1.82) is 0 Å². The molecule has 0 saturated carbocycles. The largest absolute Gasteiger partial charge is 0.289 e. The maximum Gasteiger partial charge on any atom is 0.215 e. The lowest BCUT2D eigenvalue weighted by atomic mass is 9.94. The van der Waals surface area contributed by atoms with Crippen molar-refractivity contribution < 1.29 is 4.79 Å². The van der Waals surface area contributed by atoms with Gasteiger partial charge in [0.05, 0.1) is 11.1 Å². The summed E-state index contributed by atoms with van der Waals surface area (Å²) in [5.41, 5.74) is 2.87. The van der Waals surface area contributed by atoms with Crippen LogP contribution in [0.25, 0.3) is 0 Å². The molecule has 0 radical (unpaired) electrons. The van der Waals surface area contributed by atoms with Crippen LogP contribution in [-0.4, -0.2) is 17.1 Å². The molecule has 1 aliphatic rings. The first-order valence-corrected chi connectivity index (χ1v) is 8.83. The molecule has 3 aromatic rings. The topological polar surface area (TPSA) is 32.7 Å². The van der Waals surface area contributed by atoms with E-state index in [4.69, 9.17) is 16.6 Å². The average Bonchev–Trinajstić information content (AvgIpc) is 3.09. The van der Waals surface area contributed by atoms with E-state index in [1.807, 2.05) is 84.9 Å². The Kier molecular flexibility index (Phi) is 4.55. The highest BCUT2D eigenvalue weighted by Crippen LogP contribution is 2.43. The molecule has 3 aromatic carbocycles. The van der Waals surface area contributed by atoms with Crippen LogP contribution >= 0.6 is 11.6 Å². The molecule has 0 N–H and O–H groups in total. The molecule has 1 aliphatic heterocycles. The summed E-state index contributed by atoms with van der Waals surface area (Å²) in [5.74, 6) is 0.605. The first-order valence-electron chi connectivity index (χ1n) is 8.46. The molecular formula is C22H17ClN2O. The number of aliphatic imine (C=N–C) groups is 1. The molecule has 0 aromatic heterocycles. The summed E-state index contributed by atoms with van der Waals surface area (Å²) in [6.07, 6.45) is 0.850. The van der Waals surface area contributed by atoms with E-state index in [0.29, 0.717) is 10.9 Å². The van der Waals surface area contributed by atoms with Gasteiger partial charge in [0.15, 0.2) is 0 Å². The second-order valence-electron chi connectivity index (χ2n) is 6.16. The van der Waals surface area contributed by atoms with Gasteiger partial charge in [0.25, 0.3) is 0 Å². The Hall–Kier alpha value is -2.91. The molecule has 1 amide bonds. The van der Waals surface area contributed by atoms with Crippen molar-refractivity contribution in [3.8, 4) is 0 Å². The minimum Gasteiger partial charge on any atom is -0.289 e. The van der Waals surface area contributed by atoms with Crippen molar-refractivity contribution in [2.75, 3.05) is 0 Å². The summed E-state index contributed by atoms with van der Waals surface area (Å²) in [6.45, 7) is 0. The third kappa shape index (κ3) is 2.91. The van der Waals surface area contributed by atoms with Gasteiger partial charge < -0.3 is 0 Å². The van der Waals surface area contributed by atoms with E-state index in [-0.39, 0.29) is 12.1 Å². The number of halogens is 1. The molecule has 4 heteroatoms. The monoisotopic (exact) mass is 360 g/mol. The molecule has 1 heterocycles. The lowest BCUT2D eigenvalue weighted by Gasteiger charge is -2.26. The summed E-state index contributed by atoms with van der Waals surface area (Å²) in [4.78, 5) is 18.7. The summed E-state index contributed by atoms with van der Waals surface area (Å²) >= 11 is 6.39. The first kappa shape index (κ1) is 16.6. The Bertz CT molecular complexity index is 941. The van der Waals surface area contributed by atoms with Crippen molar-refractivity contribution in [2.45, 2.75) is 12.1 Å². The summed E-state index contributed by atoms with van der Waals surface area (Å²) in [7, 11) is 0. The molecule has 26 heavy (non-hydrogen) atoms. The predicted molar refractivity (Wildman–Crippen MR) is 104 cm³/mol. The number of rotatable bonds is 4. The van der Waals surface area contributed by atoms with Crippen molar-refractivity contribution in [2.24, 2.45) is 4.99 Å². The van der Waals surface area contributed by atoms with Crippen molar-refractivity contribution in [3.05, 3.63) is 107 Å². The van der Waals surface area contributed by atoms with Gasteiger partial charge >= 0.3 is 0 Å². The first-order chi connectivity index (χ1) is 12.8.